The summed E-state index contributed by atoms with van der Waals surface area (Å²) in [7, 11) is 2.90. The van der Waals surface area contributed by atoms with Gasteiger partial charge < -0.3 is 24.5 Å². The molecule has 0 aliphatic carbocycles. The molecular formula is C29H28N2O6. The zero-order valence-electron chi connectivity index (χ0n) is 20.9. The number of aromatic nitrogens is 1. The van der Waals surface area contributed by atoms with Crippen molar-refractivity contribution in [3.05, 3.63) is 95.2 Å². The van der Waals surface area contributed by atoms with Crippen molar-refractivity contribution in [3.63, 3.8) is 0 Å². The summed E-state index contributed by atoms with van der Waals surface area (Å²) < 4.78 is 15.5. The van der Waals surface area contributed by atoms with Crippen molar-refractivity contribution < 1.29 is 28.6 Å². The van der Waals surface area contributed by atoms with Crippen LogP contribution in [-0.2, 0) is 27.2 Å². The molecule has 8 nitrogen and oxygen atoms in total. The Morgan fingerprint density at radius 3 is 2.32 bits per heavy atom. The Hall–Kier alpha value is -4.59. The van der Waals surface area contributed by atoms with Crippen LogP contribution < -0.4 is 14.8 Å². The second-order valence-corrected chi connectivity index (χ2v) is 8.50. The maximum atomic E-state index is 13.2. The summed E-state index contributed by atoms with van der Waals surface area (Å²) in [4.78, 5) is 40.9. The fourth-order valence-electron chi connectivity index (χ4n) is 4.26. The normalized spacial score (nSPS) is 11.5. The predicted molar refractivity (Wildman–Crippen MR) is 139 cm³/mol. The van der Waals surface area contributed by atoms with Crippen molar-refractivity contribution in [1.29, 1.82) is 0 Å². The van der Waals surface area contributed by atoms with Gasteiger partial charge in [0.2, 0.25) is 0 Å². The first kappa shape index (κ1) is 25.5. The molecular weight excluding hydrogens is 472 g/mol. The predicted octanol–water partition coefficient (Wildman–Crippen LogP) is 4.21. The first-order valence-electron chi connectivity index (χ1n) is 11.8. The lowest BCUT2D eigenvalue weighted by Crippen LogP contribution is -2.43. The number of aromatic amines is 1. The van der Waals surface area contributed by atoms with Crippen molar-refractivity contribution >= 4 is 28.7 Å². The number of methoxy groups -OCH3 is 2. The minimum absolute atomic E-state index is 0.114. The Balaban J connectivity index is 1.66. The van der Waals surface area contributed by atoms with Crippen LogP contribution in [0, 0.1) is 0 Å². The topological polar surface area (TPSA) is 107 Å². The zero-order chi connectivity index (χ0) is 26.4. The van der Waals surface area contributed by atoms with Crippen molar-refractivity contribution in [2.24, 2.45) is 0 Å². The molecule has 190 valence electrons. The third kappa shape index (κ3) is 5.98. The fourth-order valence-corrected chi connectivity index (χ4v) is 4.26. The molecule has 4 rings (SSSR count). The third-order valence-electron chi connectivity index (χ3n) is 6.03. The van der Waals surface area contributed by atoms with Crippen molar-refractivity contribution in [1.82, 2.24) is 10.3 Å². The largest absolute Gasteiger partial charge is 0.497 e. The highest BCUT2D eigenvalue weighted by atomic mass is 16.5. The molecule has 2 N–H and O–H groups in total. The average molecular weight is 501 g/mol. The van der Waals surface area contributed by atoms with Crippen molar-refractivity contribution in [2.45, 2.75) is 25.8 Å². The Labute approximate surface area is 214 Å². The highest BCUT2D eigenvalue weighted by Crippen LogP contribution is 2.27. The molecule has 1 aromatic heterocycles. The molecule has 0 fully saturated rings. The standard InChI is InChI=1S/C29H28N2O6/c1-18(32)37-27-11-7-5-9-22(27)28(33)31-26(29(34)36-3)17-23-21-8-4-6-10-24(21)30-25(23)16-19-12-14-20(35-2)15-13-19/h4-15,26,30H,16-17H2,1-3H3,(H,31,33)/t26-/m0/s1. The number of nitrogens with one attached hydrogen (secondary N) is 2. The summed E-state index contributed by atoms with van der Waals surface area (Å²) >= 11 is 0. The van der Waals surface area contributed by atoms with E-state index in [4.69, 9.17) is 14.2 Å². The van der Waals surface area contributed by atoms with E-state index in [-0.39, 0.29) is 17.7 Å². The molecule has 3 aromatic carbocycles. The van der Waals surface area contributed by atoms with Gasteiger partial charge in [0.25, 0.3) is 5.91 Å². The number of fused-ring (bicyclic) bond motifs is 1. The lowest BCUT2D eigenvalue weighted by atomic mass is 9.98. The summed E-state index contributed by atoms with van der Waals surface area (Å²) in [5, 5.41) is 3.72. The van der Waals surface area contributed by atoms with Crippen LogP contribution in [0.25, 0.3) is 10.9 Å². The van der Waals surface area contributed by atoms with E-state index < -0.39 is 23.9 Å². The van der Waals surface area contributed by atoms with E-state index in [2.05, 4.69) is 10.3 Å². The van der Waals surface area contributed by atoms with E-state index in [0.717, 1.165) is 33.5 Å². The van der Waals surface area contributed by atoms with Gasteiger partial charge in [0.05, 0.1) is 19.8 Å². The van der Waals surface area contributed by atoms with Gasteiger partial charge in [-0.1, -0.05) is 42.5 Å². The van der Waals surface area contributed by atoms with E-state index in [1.54, 1.807) is 19.2 Å². The van der Waals surface area contributed by atoms with E-state index in [9.17, 15) is 14.4 Å². The molecule has 0 bridgehead atoms. The number of rotatable bonds is 9. The van der Waals surface area contributed by atoms with Gasteiger partial charge >= 0.3 is 11.9 Å². The van der Waals surface area contributed by atoms with Crippen LogP contribution in [0.15, 0.2) is 72.8 Å². The van der Waals surface area contributed by atoms with Crippen LogP contribution in [0.2, 0.25) is 0 Å². The van der Waals surface area contributed by atoms with Crippen LogP contribution in [-0.4, -0.2) is 43.1 Å². The van der Waals surface area contributed by atoms with Gasteiger partial charge in [0.1, 0.15) is 17.5 Å². The van der Waals surface area contributed by atoms with E-state index in [1.165, 1.54) is 26.2 Å². The number of carbonyl (C=O) groups excluding carboxylic acids is 3. The SMILES string of the molecule is COC(=O)[C@H](Cc1c(Cc2ccc(OC)cc2)[nH]c2ccccc12)NC(=O)c1ccccc1OC(C)=O. The van der Waals surface area contributed by atoms with Gasteiger partial charge in [0.15, 0.2) is 0 Å². The minimum Gasteiger partial charge on any atom is -0.497 e. The van der Waals surface area contributed by atoms with Crippen LogP contribution in [0.5, 0.6) is 11.5 Å². The van der Waals surface area contributed by atoms with Crippen LogP contribution in [0.3, 0.4) is 0 Å². The van der Waals surface area contributed by atoms with Crippen LogP contribution in [0.4, 0.5) is 0 Å². The summed E-state index contributed by atoms with van der Waals surface area (Å²) in [6.07, 6.45) is 0.786. The number of esters is 2. The molecule has 0 spiro atoms. The molecule has 0 aliphatic rings. The second-order valence-electron chi connectivity index (χ2n) is 8.50. The fraction of sp³-hybridized carbons (Fsp3) is 0.207. The molecule has 0 saturated carbocycles. The van der Waals surface area contributed by atoms with Gasteiger partial charge in [0, 0.05) is 36.4 Å². The zero-order valence-corrected chi connectivity index (χ0v) is 20.9. The Morgan fingerprint density at radius 1 is 0.919 bits per heavy atom. The summed E-state index contributed by atoms with van der Waals surface area (Å²) in [6.45, 7) is 1.26. The first-order chi connectivity index (χ1) is 17.9. The van der Waals surface area contributed by atoms with Gasteiger partial charge in [-0.2, -0.15) is 0 Å². The lowest BCUT2D eigenvalue weighted by molar-refractivity contribution is -0.142. The van der Waals surface area contributed by atoms with E-state index in [0.29, 0.717) is 6.42 Å². The molecule has 1 heterocycles. The number of para-hydroxylation sites is 2. The number of benzene rings is 3. The highest BCUT2D eigenvalue weighted by molar-refractivity contribution is 6.00. The van der Waals surface area contributed by atoms with Gasteiger partial charge in [-0.3, -0.25) is 9.59 Å². The lowest BCUT2D eigenvalue weighted by Gasteiger charge is -2.18. The molecule has 4 aromatic rings. The number of hydrogen-bond donors (Lipinski definition) is 2. The first-order valence-corrected chi connectivity index (χ1v) is 11.8. The Bertz CT molecular complexity index is 1420. The second kappa shape index (κ2) is 11.4. The molecule has 0 saturated heterocycles. The molecule has 0 unspecified atom stereocenters. The molecule has 37 heavy (non-hydrogen) atoms. The monoisotopic (exact) mass is 500 g/mol. The van der Waals surface area contributed by atoms with Crippen LogP contribution >= 0.6 is 0 Å². The number of ether oxygens (including phenoxy) is 3. The summed E-state index contributed by atoms with van der Waals surface area (Å²) in [6, 6.07) is 21.0. The quantitative estimate of drug-likeness (QED) is 0.263. The maximum Gasteiger partial charge on any atom is 0.328 e. The maximum absolute atomic E-state index is 13.2. The summed E-state index contributed by atoms with van der Waals surface area (Å²) in [5.74, 6) is -0.805. The molecule has 0 aliphatic heterocycles. The third-order valence-corrected chi connectivity index (χ3v) is 6.03. The van der Waals surface area contributed by atoms with Gasteiger partial charge in [-0.25, -0.2) is 4.79 Å². The van der Waals surface area contributed by atoms with E-state index >= 15 is 0 Å². The summed E-state index contributed by atoms with van der Waals surface area (Å²) in [5.41, 5.74) is 3.95. The van der Waals surface area contributed by atoms with Gasteiger partial charge in [-0.05, 0) is 41.5 Å². The van der Waals surface area contributed by atoms with Crippen molar-refractivity contribution in [2.75, 3.05) is 14.2 Å². The Kier molecular flexibility index (Phi) is 7.88. The molecule has 0 radical (unpaired) electrons. The minimum atomic E-state index is -0.975. The molecule has 1 atom stereocenters. The van der Waals surface area contributed by atoms with Gasteiger partial charge in [-0.15, -0.1) is 0 Å². The highest BCUT2D eigenvalue weighted by Gasteiger charge is 2.27. The van der Waals surface area contributed by atoms with Crippen molar-refractivity contribution in [3.8, 4) is 11.5 Å². The number of H-pyrrole nitrogens is 1. The number of amides is 1. The number of carbonyl (C=O) groups is 3. The number of hydrogen-bond acceptors (Lipinski definition) is 6. The molecule has 8 heteroatoms. The average Bonchev–Trinajstić information content (AvgIpc) is 3.24. The smallest absolute Gasteiger partial charge is 0.328 e. The van der Waals surface area contributed by atoms with E-state index in [1.807, 2.05) is 48.5 Å². The van der Waals surface area contributed by atoms with Crippen LogP contribution in [0.1, 0.15) is 34.1 Å². The Morgan fingerprint density at radius 2 is 1.62 bits per heavy atom. The molecule has 1 amide bonds.